The van der Waals surface area contributed by atoms with E-state index >= 15 is 4.39 Å². The number of benzene rings is 3. The molecule has 2 amide bonds. The maximum atomic E-state index is 15.9. The number of carbonyl (C=O) groups is 2. The molecule has 2 saturated heterocycles. The molecular weight excluding hydrogens is 620 g/mol. The van der Waals surface area contributed by atoms with Gasteiger partial charge < -0.3 is 19.9 Å². The first-order valence-corrected chi connectivity index (χ1v) is 15.7. The molecule has 11 heteroatoms. The predicted octanol–water partition coefficient (Wildman–Crippen LogP) is 6.34. The number of aliphatic hydroxyl groups excluding tert-OH is 1. The standard InChI is InChI=1S/C34H36Cl2FN3O5/c1-33(2,3)26-17-34(26)28(31(42)38-20-8-5-7-19(35)15-20)27(22-9-6-10-23(36)29(22)37)30-32(43)39(18-40(30)34)21-11-12-24(45-14-13-41)25(16-21)44-4/h5-12,15-16,26-28,30,41H,13-14,17-18H2,1-4H3,(H,38,42)/t26?,27-,28-,30-,34?/m1/s1. The maximum Gasteiger partial charge on any atom is 0.246 e. The summed E-state index contributed by atoms with van der Waals surface area (Å²) in [6.45, 7) is 6.54. The number of rotatable bonds is 8. The van der Waals surface area contributed by atoms with E-state index in [1.807, 2.05) is 0 Å². The normalized spacial score (nSPS) is 25.9. The van der Waals surface area contributed by atoms with Gasteiger partial charge in [-0.15, -0.1) is 0 Å². The molecule has 1 aliphatic carbocycles. The highest BCUT2D eigenvalue weighted by atomic mass is 35.5. The van der Waals surface area contributed by atoms with E-state index < -0.39 is 29.2 Å². The third-order valence-corrected chi connectivity index (χ3v) is 9.99. The van der Waals surface area contributed by atoms with Crippen molar-refractivity contribution in [3.8, 4) is 11.5 Å². The molecule has 6 rings (SSSR count). The zero-order valence-corrected chi connectivity index (χ0v) is 27.0. The minimum atomic E-state index is -0.822. The van der Waals surface area contributed by atoms with Gasteiger partial charge in [-0.1, -0.05) is 62.2 Å². The number of hydrogen-bond acceptors (Lipinski definition) is 6. The van der Waals surface area contributed by atoms with Crippen LogP contribution in [0, 0.1) is 23.1 Å². The SMILES string of the molecule is COc1cc(N2CN3[C@@H](C2=O)[C@H](c2cccc(Cl)c2F)[C@H](C(=O)Nc2cccc(Cl)c2)C32CC2C(C)(C)C)ccc1OCCO. The van der Waals surface area contributed by atoms with Gasteiger partial charge in [0.15, 0.2) is 11.5 Å². The topological polar surface area (TPSA) is 91.3 Å². The van der Waals surface area contributed by atoms with Crippen LogP contribution in [0.5, 0.6) is 11.5 Å². The average molecular weight is 657 g/mol. The molecule has 1 spiro atoms. The second-order valence-electron chi connectivity index (χ2n) is 13.0. The Kier molecular flexibility index (Phi) is 8.27. The van der Waals surface area contributed by atoms with Crippen molar-refractivity contribution in [2.45, 2.75) is 44.7 Å². The Balaban J connectivity index is 1.46. The number of nitrogens with zero attached hydrogens (tertiary/aromatic N) is 2. The summed E-state index contributed by atoms with van der Waals surface area (Å²) >= 11 is 12.5. The van der Waals surface area contributed by atoms with E-state index in [9.17, 15) is 14.7 Å². The first-order chi connectivity index (χ1) is 21.4. The predicted molar refractivity (Wildman–Crippen MR) is 172 cm³/mol. The quantitative estimate of drug-likeness (QED) is 0.294. The zero-order chi connectivity index (χ0) is 32.3. The molecule has 0 aromatic heterocycles. The number of carbonyl (C=O) groups excluding carboxylic acids is 2. The summed E-state index contributed by atoms with van der Waals surface area (Å²) in [5.74, 6) is -1.86. The van der Waals surface area contributed by atoms with E-state index in [0.717, 1.165) is 0 Å². The second-order valence-corrected chi connectivity index (χ2v) is 13.8. The molecule has 2 unspecified atom stereocenters. The molecule has 2 aliphatic heterocycles. The number of aliphatic hydroxyl groups is 1. The van der Waals surface area contributed by atoms with Gasteiger partial charge >= 0.3 is 0 Å². The number of ether oxygens (including phenoxy) is 2. The molecule has 238 valence electrons. The van der Waals surface area contributed by atoms with Gasteiger partial charge in [-0.2, -0.15) is 0 Å². The van der Waals surface area contributed by atoms with Crippen LogP contribution in [0.4, 0.5) is 15.8 Å². The van der Waals surface area contributed by atoms with Crippen molar-refractivity contribution < 1.29 is 28.6 Å². The highest BCUT2D eigenvalue weighted by molar-refractivity contribution is 6.31. The number of halogens is 3. The van der Waals surface area contributed by atoms with E-state index in [1.165, 1.54) is 13.2 Å². The summed E-state index contributed by atoms with van der Waals surface area (Å²) in [5, 5.41) is 12.6. The number of methoxy groups -OCH3 is 1. The molecule has 2 N–H and O–H groups in total. The number of amides is 2. The number of fused-ring (bicyclic) bond motifs is 2. The van der Waals surface area contributed by atoms with Crippen molar-refractivity contribution >= 4 is 46.4 Å². The molecule has 5 atom stereocenters. The lowest BCUT2D eigenvalue weighted by molar-refractivity contribution is -0.121. The summed E-state index contributed by atoms with van der Waals surface area (Å²) in [6.07, 6.45) is 0.664. The minimum Gasteiger partial charge on any atom is -0.493 e. The third kappa shape index (κ3) is 5.33. The van der Waals surface area contributed by atoms with Crippen molar-refractivity contribution in [2.24, 2.45) is 17.3 Å². The average Bonchev–Trinajstić information content (AvgIpc) is 3.57. The molecule has 3 aromatic carbocycles. The number of anilines is 2. The van der Waals surface area contributed by atoms with Crippen LogP contribution in [-0.2, 0) is 9.59 Å². The lowest BCUT2D eigenvalue weighted by Crippen LogP contribution is -2.45. The fraction of sp³-hybridized carbons (Fsp3) is 0.412. The van der Waals surface area contributed by atoms with Crippen LogP contribution < -0.4 is 19.7 Å². The number of hydrogen-bond donors (Lipinski definition) is 2. The Morgan fingerprint density at radius 3 is 2.53 bits per heavy atom. The molecule has 3 aromatic rings. The molecule has 45 heavy (non-hydrogen) atoms. The lowest BCUT2D eigenvalue weighted by atomic mass is 9.76. The highest BCUT2D eigenvalue weighted by Gasteiger charge is 2.77. The van der Waals surface area contributed by atoms with Crippen molar-refractivity contribution in [3.63, 3.8) is 0 Å². The third-order valence-electron chi connectivity index (χ3n) is 9.46. The Labute approximate surface area is 272 Å². The molecule has 0 bridgehead atoms. The van der Waals surface area contributed by atoms with Crippen molar-refractivity contribution in [1.29, 1.82) is 0 Å². The fourth-order valence-electron chi connectivity index (χ4n) is 7.61. The van der Waals surface area contributed by atoms with E-state index in [0.29, 0.717) is 34.3 Å². The van der Waals surface area contributed by atoms with Crippen molar-refractivity contribution in [1.82, 2.24) is 4.90 Å². The molecule has 3 fully saturated rings. The van der Waals surface area contributed by atoms with Gasteiger partial charge in [-0.25, -0.2) is 4.39 Å². The summed E-state index contributed by atoms with van der Waals surface area (Å²) < 4.78 is 27.1. The van der Waals surface area contributed by atoms with Gasteiger partial charge in [0.05, 0.1) is 37.4 Å². The Morgan fingerprint density at radius 2 is 1.87 bits per heavy atom. The number of nitrogens with one attached hydrogen (secondary N) is 1. The Bertz CT molecular complexity index is 1650. The van der Waals surface area contributed by atoms with E-state index in [2.05, 4.69) is 31.0 Å². The van der Waals surface area contributed by atoms with Crippen LogP contribution in [0.3, 0.4) is 0 Å². The zero-order valence-electron chi connectivity index (χ0n) is 25.5. The second kappa shape index (κ2) is 11.8. The monoisotopic (exact) mass is 655 g/mol. The van der Waals surface area contributed by atoms with Crippen LogP contribution in [-0.4, -0.2) is 60.4 Å². The van der Waals surface area contributed by atoms with E-state index in [4.69, 9.17) is 32.7 Å². The van der Waals surface area contributed by atoms with Gasteiger partial charge in [0, 0.05) is 33.9 Å². The summed E-state index contributed by atoms with van der Waals surface area (Å²) in [6, 6.07) is 16.0. The van der Waals surface area contributed by atoms with Crippen LogP contribution in [0.15, 0.2) is 60.7 Å². The molecule has 2 heterocycles. The van der Waals surface area contributed by atoms with Crippen LogP contribution in [0.2, 0.25) is 10.0 Å². The van der Waals surface area contributed by atoms with Crippen LogP contribution in [0.25, 0.3) is 0 Å². The van der Waals surface area contributed by atoms with E-state index in [-0.39, 0.29) is 53.6 Å². The largest absolute Gasteiger partial charge is 0.493 e. The molecular formula is C34H36Cl2FN3O5. The minimum absolute atomic E-state index is 0.0476. The van der Waals surface area contributed by atoms with Crippen LogP contribution >= 0.6 is 23.2 Å². The van der Waals surface area contributed by atoms with E-state index in [1.54, 1.807) is 59.5 Å². The first-order valence-electron chi connectivity index (χ1n) is 14.9. The summed E-state index contributed by atoms with van der Waals surface area (Å²) in [7, 11) is 1.50. The molecule has 0 radical (unpaired) electrons. The molecule has 8 nitrogen and oxygen atoms in total. The maximum absolute atomic E-state index is 15.9. The van der Waals surface area contributed by atoms with Crippen molar-refractivity contribution in [2.75, 3.05) is 37.2 Å². The van der Waals surface area contributed by atoms with Gasteiger partial charge in [-0.3, -0.25) is 19.4 Å². The van der Waals surface area contributed by atoms with Gasteiger partial charge in [0.1, 0.15) is 12.4 Å². The lowest BCUT2D eigenvalue weighted by Gasteiger charge is -2.33. The first kappa shape index (κ1) is 31.6. The summed E-state index contributed by atoms with van der Waals surface area (Å²) in [5.41, 5.74) is 0.420. The van der Waals surface area contributed by atoms with Gasteiger partial charge in [0.2, 0.25) is 11.8 Å². The van der Waals surface area contributed by atoms with Gasteiger partial charge in [-0.05, 0) is 59.7 Å². The molecule has 3 aliphatic rings. The Hall–Kier alpha value is -3.37. The van der Waals surface area contributed by atoms with Gasteiger partial charge in [0.25, 0.3) is 0 Å². The Morgan fingerprint density at radius 1 is 1.11 bits per heavy atom. The molecule has 1 saturated carbocycles. The van der Waals surface area contributed by atoms with Crippen molar-refractivity contribution in [3.05, 3.63) is 82.1 Å². The highest BCUT2D eigenvalue weighted by Crippen LogP contribution is 2.70. The summed E-state index contributed by atoms with van der Waals surface area (Å²) in [4.78, 5) is 32.7. The fourth-order valence-corrected chi connectivity index (χ4v) is 7.98. The van der Waals surface area contributed by atoms with Crippen LogP contribution in [0.1, 0.15) is 38.7 Å². The smallest absolute Gasteiger partial charge is 0.246 e.